The van der Waals surface area contributed by atoms with Gasteiger partial charge in [0.05, 0.1) is 5.71 Å². The molecule has 2 rings (SSSR count). The van der Waals surface area contributed by atoms with E-state index in [1.54, 1.807) is 13.1 Å². The van der Waals surface area contributed by atoms with Crippen molar-refractivity contribution in [2.45, 2.75) is 33.5 Å². The number of likely N-dealkylation sites (N-methyl/N-ethyl adjacent to an activating group) is 1. The van der Waals surface area contributed by atoms with Crippen LogP contribution in [0, 0.1) is 6.92 Å². The van der Waals surface area contributed by atoms with Crippen LogP contribution in [-0.2, 0) is 21.1 Å². The zero-order valence-corrected chi connectivity index (χ0v) is 18.8. The summed E-state index contributed by atoms with van der Waals surface area (Å²) in [5.74, 6) is 1.08. The van der Waals surface area contributed by atoms with Gasteiger partial charge in [-0.1, -0.05) is 34.6 Å². The molecule has 0 saturated carbocycles. The molecular weight excluding hydrogens is 398 g/mol. The fraction of sp³-hybridized carbons (Fsp3) is 0.348. The second-order valence-corrected chi connectivity index (χ2v) is 6.75. The fourth-order valence-electron chi connectivity index (χ4n) is 2.82. The van der Waals surface area contributed by atoms with Gasteiger partial charge in [0, 0.05) is 12.6 Å². The molecule has 1 N–H and O–H groups in total. The van der Waals surface area contributed by atoms with Gasteiger partial charge in [-0.15, -0.1) is 0 Å². The Morgan fingerprint density at radius 2 is 1.81 bits per heavy atom. The summed E-state index contributed by atoms with van der Waals surface area (Å²) < 4.78 is 11.9. The Balaban J connectivity index is 2.16. The van der Waals surface area contributed by atoms with Gasteiger partial charge in [-0.05, 0) is 50.1 Å². The van der Waals surface area contributed by atoms with Crippen LogP contribution in [0.3, 0.4) is 0 Å². The monoisotopic (exact) mass is 427 g/mol. The van der Waals surface area contributed by atoms with Crippen molar-refractivity contribution in [2.75, 3.05) is 21.3 Å². The molecule has 0 fully saturated rings. The first-order valence-electron chi connectivity index (χ1n) is 9.80. The summed E-state index contributed by atoms with van der Waals surface area (Å²) in [5, 5.41) is 10.4. The van der Waals surface area contributed by atoms with E-state index in [0.29, 0.717) is 17.1 Å². The smallest absolute Gasteiger partial charge is 0.273 e. The number of amides is 1. The number of benzene rings is 2. The van der Waals surface area contributed by atoms with E-state index >= 15 is 0 Å². The summed E-state index contributed by atoms with van der Waals surface area (Å²) in [4.78, 5) is 21.8. The van der Waals surface area contributed by atoms with Crippen LogP contribution in [0.15, 0.2) is 52.8 Å². The van der Waals surface area contributed by atoms with E-state index in [1.165, 1.54) is 14.2 Å². The van der Waals surface area contributed by atoms with Crippen LogP contribution in [0.5, 0.6) is 11.5 Å². The van der Waals surface area contributed by atoms with Gasteiger partial charge in [0.25, 0.3) is 5.91 Å². The minimum atomic E-state index is -0.339. The standard InChI is InChI=1S/C23H29N3O5/c1-15-13-19(31-17(3)16(2)25-28-5)11-12-21(15)30-14-18-9-7-8-10-20(18)22(26-29-6)23(27)24-4/h7-13,17H,14H2,1-6H3,(H,24,27)/b25-16+,26-22+. The normalized spacial score (nSPS) is 12.7. The van der Waals surface area contributed by atoms with Gasteiger partial charge in [-0.25, -0.2) is 0 Å². The zero-order chi connectivity index (χ0) is 22.8. The Morgan fingerprint density at radius 3 is 2.45 bits per heavy atom. The van der Waals surface area contributed by atoms with Crippen molar-refractivity contribution in [2.24, 2.45) is 10.3 Å². The zero-order valence-electron chi connectivity index (χ0n) is 18.8. The maximum absolute atomic E-state index is 12.2. The average Bonchev–Trinajstić information content (AvgIpc) is 2.77. The summed E-state index contributed by atoms with van der Waals surface area (Å²) in [6, 6.07) is 13.0. The number of ether oxygens (including phenoxy) is 2. The highest BCUT2D eigenvalue weighted by Crippen LogP contribution is 2.25. The Bertz CT molecular complexity index is 956. The lowest BCUT2D eigenvalue weighted by molar-refractivity contribution is -0.114. The molecule has 0 aliphatic carbocycles. The van der Waals surface area contributed by atoms with Crippen molar-refractivity contribution < 1.29 is 23.9 Å². The highest BCUT2D eigenvalue weighted by atomic mass is 16.6. The minimum Gasteiger partial charge on any atom is -0.489 e. The van der Waals surface area contributed by atoms with Crippen molar-refractivity contribution in [1.82, 2.24) is 5.32 Å². The number of aryl methyl sites for hydroxylation is 1. The van der Waals surface area contributed by atoms with E-state index in [1.807, 2.05) is 57.2 Å². The largest absolute Gasteiger partial charge is 0.489 e. The van der Waals surface area contributed by atoms with Crippen LogP contribution in [-0.4, -0.2) is 44.7 Å². The predicted molar refractivity (Wildman–Crippen MR) is 120 cm³/mol. The molecule has 8 nitrogen and oxygen atoms in total. The van der Waals surface area contributed by atoms with Crippen LogP contribution >= 0.6 is 0 Å². The van der Waals surface area contributed by atoms with E-state index in [9.17, 15) is 4.79 Å². The molecule has 0 aliphatic heterocycles. The quantitative estimate of drug-likeness (QED) is 0.463. The molecule has 0 aliphatic rings. The van der Waals surface area contributed by atoms with Crippen molar-refractivity contribution in [1.29, 1.82) is 0 Å². The van der Waals surface area contributed by atoms with Gasteiger partial charge < -0.3 is 24.5 Å². The Kier molecular flexibility index (Phi) is 8.87. The van der Waals surface area contributed by atoms with Gasteiger partial charge in [0.1, 0.15) is 38.4 Å². The summed E-state index contributed by atoms with van der Waals surface area (Å²) in [5.41, 5.74) is 3.29. The number of nitrogens with zero attached hydrogens (tertiary/aromatic N) is 2. The Hall–Kier alpha value is -3.55. The first-order chi connectivity index (χ1) is 14.9. The summed E-state index contributed by atoms with van der Waals surface area (Å²) in [6.07, 6.45) is -0.221. The van der Waals surface area contributed by atoms with Crippen molar-refractivity contribution in [3.63, 3.8) is 0 Å². The predicted octanol–water partition coefficient (Wildman–Crippen LogP) is 3.46. The van der Waals surface area contributed by atoms with Gasteiger partial charge >= 0.3 is 0 Å². The van der Waals surface area contributed by atoms with Crippen LogP contribution in [0.1, 0.15) is 30.5 Å². The first-order valence-corrected chi connectivity index (χ1v) is 9.80. The molecule has 0 radical (unpaired) electrons. The SMILES string of the molecule is CNC(=O)/C(=N/OC)c1ccccc1COc1ccc(OC(C)/C(C)=N/OC)cc1C. The van der Waals surface area contributed by atoms with Gasteiger partial charge in [0.15, 0.2) is 5.71 Å². The molecule has 0 saturated heterocycles. The Morgan fingerprint density at radius 1 is 1.10 bits per heavy atom. The molecule has 0 aromatic heterocycles. The van der Waals surface area contributed by atoms with Crippen LogP contribution in [0.2, 0.25) is 0 Å². The number of hydrogen-bond acceptors (Lipinski definition) is 7. The third kappa shape index (κ3) is 6.47. The molecule has 2 aromatic rings. The van der Waals surface area contributed by atoms with Gasteiger partial charge in [0.2, 0.25) is 0 Å². The van der Waals surface area contributed by atoms with E-state index in [-0.39, 0.29) is 24.3 Å². The Labute approximate surface area is 182 Å². The van der Waals surface area contributed by atoms with Gasteiger partial charge in [-0.2, -0.15) is 0 Å². The highest BCUT2D eigenvalue weighted by Gasteiger charge is 2.18. The molecule has 2 aromatic carbocycles. The number of carbonyl (C=O) groups excluding carboxylic acids is 1. The second-order valence-electron chi connectivity index (χ2n) is 6.75. The van der Waals surface area contributed by atoms with Crippen LogP contribution in [0.4, 0.5) is 0 Å². The molecule has 0 spiro atoms. The molecule has 1 unspecified atom stereocenters. The van der Waals surface area contributed by atoms with E-state index in [2.05, 4.69) is 15.6 Å². The lowest BCUT2D eigenvalue weighted by Gasteiger charge is -2.16. The fourth-order valence-corrected chi connectivity index (χ4v) is 2.82. The highest BCUT2D eigenvalue weighted by molar-refractivity contribution is 6.45. The van der Waals surface area contributed by atoms with E-state index in [0.717, 1.165) is 16.8 Å². The third-order valence-corrected chi connectivity index (χ3v) is 4.56. The number of oxime groups is 2. The summed E-state index contributed by atoms with van der Waals surface area (Å²) in [6.45, 7) is 5.94. The summed E-state index contributed by atoms with van der Waals surface area (Å²) >= 11 is 0. The second kappa shape index (κ2) is 11.6. The van der Waals surface area contributed by atoms with Crippen LogP contribution < -0.4 is 14.8 Å². The van der Waals surface area contributed by atoms with Crippen LogP contribution in [0.25, 0.3) is 0 Å². The molecule has 0 heterocycles. The number of carbonyl (C=O) groups is 1. The number of rotatable bonds is 10. The molecule has 1 amide bonds. The number of nitrogens with one attached hydrogen (secondary N) is 1. The molecule has 0 bridgehead atoms. The maximum Gasteiger partial charge on any atom is 0.273 e. The molecule has 1 atom stereocenters. The van der Waals surface area contributed by atoms with E-state index < -0.39 is 0 Å². The molecule has 8 heteroatoms. The molecular formula is C23H29N3O5. The number of hydrogen-bond donors (Lipinski definition) is 1. The lowest BCUT2D eigenvalue weighted by Crippen LogP contribution is -2.29. The molecule has 31 heavy (non-hydrogen) atoms. The maximum atomic E-state index is 12.2. The topological polar surface area (TPSA) is 90.7 Å². The van der Waals surface area contributed by atoms with Crippen molar-refractivity contribution in [3.05, 3.63) is 59.2 Å². The van der Waals surface area contributed by atoms with Gasteiger partial charge in [-0.3, -0.25) is 4.79 Å². The van der Waals surface area contributed by atoms with Crippen molar-refractivity contribution in [3.8, 4) is 11.5 Å². The minimum absolute atomic E-state index is 0.187. The summed E-state index contributed by atoms with van der Waals surface area (Å²) in [7, 11) is 4.45. The van der Waals surface area contributed by atoms with E-state index in [4.69, 9.17) is 19.1 Å². The lowest BCUT2D eigenvalue weighted by atomic mass is 10.0. The molecule has 166 valence electrons. The average molecular weight is 428 g/mol. The third-order valence-electron chi connectivity index (χ3n) is 4.56. The van der Waals surface area contributed by atoms with Crippen molar-refractivity contribution >= 4 is 17.3 Å². The first kappa shape index (κ1) is 23.7.